The van der Waals surface area contributed by atoms with Crippen molar-refractivity contribution in [3.8, 4) is 0 Å². The molecule has 1 aliphatic rings. The quantitative estimate of drug-likeness (QED) is 0.633. The number of hydrogen-bond acceptors (Lipinski definition) is 2. The predicted molar refractivity (Wildman–Crippen MR) is 46.2 cm³/mol. The fraction of sp³-hybridized carbons (Fsp3) is 0.222. The summed E-state index contributed by atoms with van der Waals surface area (Å²) < 4.78 is 0. The summed E-state index contributed by atoms with van der Waals surface area (Å²) in [5, 5.41) is 12.4. The summed E-state index contributed by atoms with van der Waals surface area (Å²) in [4.78, 5) is 10.9. The zero-order valence-electron chi connectivity index (χ0n) is 6.97. The molecule has 2 amide bonds. The molecule has 0 bridgehead atoms. The Morgan fingerprint density at radius 2 is 2.08 bits per heavy atom. The molecule has 1 aromatic rings. The van der Waals surface area contributed by atoms with Crippen LogP contribution in [0, 0.1) is 0 Å². The second kappa shape index (κ2) is 3.06. The van der Waals surface area contributed by atoms with Gasteiger partial charge in [0.25, 0.3) is 0 Å². The molecule has 2 rings (SSSR count). The Kier molecular flexibility index (Phi) is 1.90. The lowest BCUT2D eigenvalue weighted by Gasteiger charge is -2.07. The van der Waals surface area contributed by atoms with Gasteiger partial charge in [-0.1, -0.05) is 30.3 Å². The van der Waals surface area contributed by atoms with E-state index in [4.69, 9.17) is 5.21 Å². The monoisotopic (exact) mass is 178 g/mol. The minimum absolute atomic E-state index is 0.0984. The van der Waals surface area contributed by atoms with E-state index in [1.807, 2.05) is 30.3 Å². The third-order valence-corrected chi connectivity index (χ3v) is 2.09. The van der Waals surface area contributed by atoms with E-state index in [2.05, 4.69) is 5.32 Å². The van der Waals surface area contributed by atoms with Crippen molar-refractivity contribution < 1.29 is 10.0 Å². The summed E-state index contributed by atoms with van der Waals surface area (Å²) in [7, 11) is 0. The molecule has 13 heavy (non-hydrogen) atoms. The average Bonchev–Trinajstić information content (AvgIpc) is 2.49. The lowest BCUT2D eigenvalue weighted by Crippen LogP contribution is -2.24. The summed E-state index contributed by atoms with van der Waals surface area (Å²) >= 11 is 0. The minimum atomic E-state index is -0.436. The van der Waals surface area contributed by atoms with Crippen LogP contribution in [0.15, 0.2) is 30.3 Å². The van der Waals surface area contributed by atoms with Crippen molar-refractivity contribution in [3.63, 3.8) is 0 Å². The summed E-state index contributed by atoms with van der Waals surface area (Å²) in [6.45, 7) is 0.308. The van der Waals surface area contributed by atoms with E-state index in [9.17, 15) is 4.79 Å². The molecular formula is C9H10N2O2. The number of nitrogens with one attached hydrogen (secondary N) is 1. The summed E-state index contributed by atoms with van der Waals surface area (Å²) in [6.07, 6.45) is 0. The molecule has 1 aromatic carbocycles. The van der Waals surface area contributed by atoms with Crippen LogP contribution in [0.3, 0.4) is 0 Å². The maximum absolute atomic E-state index is 10.9. The Morgan fingerprint density at radius 1 is 1.38 bits per heavy atom. The van der Waals surface area contributed by atoms with Crippen LogP contribution < -0.4 is 5.32 Å². The Morgan fingerprint density at radius 3 is 2.62 bits per heavy atom. The molecule has 0 aliphatic carbocycles. The molecule has 4 nitrogen and oxygen atoms in total. The number of hydrogen-bond donors (Lipinski definition) is 2. The van der Waals surface area contributed by atoms with Gasteiger partial charge >= 0.3 is 6.03 Å². The number of carbonyl (C=O) groups is 1. The third-order valence-electron chi connectivity index (χ3n) is 2.09. The molecule has 1 heterocycles. The Hall–Kier alpha value is -1.55. The van der Waals surface area contributed by atoms with Gasteiger partial charge in [-0.25, -0.2) is 9.86 Å². The molecule has 1 saturated heterocycles. The second-order valence-electron chi connectivity index (χ2n) is 2.99. The van der Waals surface area contributed by atoms with Crippen molar-refractivity contribution in [1.29, 1.82) is 0 Å². The first-order valence-corrected chi connectivity index (χ1v) is 4.09. The van der Waals surface area contributed by atoms with Crippen molar-refractivity contribution in [1.82, 2.24) is 10.4 Å². The van der Waals surface area contributed by atoms with Gasteiger partial charge in [0.15, 0.2) is 0 Å². The first-order valence-electron chi connectivity index (χ1n) is 4.09. The van der Waals surface area contributed by atoms with Crippen molar-refractivity contribution >= 4 is 6.03 Å². The number of rotatable bonds is 1. The number of nitrogens with zero attached hydrogens (tertiary/aromatic N) is 1. The second-order valence-corrected chi connectivity index (χ2v) is 2.99. The van der Waals surface area contributed by atoms with Crippen LogP contribution in [0.2, 0.25) is 0 Å². The Balaban J connectivity index is 2.17. The summed E-state index contributed by atoms with van der Waals surface area (Å²) in [5.41, 5.74) is 1.01. The smallest absolute Gasteiger partial charge is 0.328 e. The number of carbonyl (C=O) groups excluding carboxylic acids is 1. The molecule has 0 saturated carbocycles. The average molecular weight is 178 g/mol. The zero-order chi connectivity index (χ0) is 9.26. The highest BCUT2D eigenvalue weighted by Gasteiger charge is 2.28. The minimum Gasteiger partial charge on any atom is -0.328 e. The summed E-state index contributed by atoms with van der Waals surface area (Å²) in [5.74, 6) is 0. The van der Waals surface area contributed by atoms with E-state index in [1.54, 1.807) is 0 Å². The van der Waals surface area contributed by atoms with Crippen LogP contribution in [0.25, 0.3) is 0 Å². The molecule has 0 spiro atoms. The van der Waals surface area contributed by atoms with Gasteiger partial charge in [0.05, 0.1) is 12.6 Å². The van der Waals surface area contributed by atoms with Gasteiger partial charge in [-0.05, 0) is 5.56 Å². The molecule has 0 aromatic heterocycles. The first-order chi connectivity index (χ1) is 6.27. The van der Waals surface area contributed by atoms with Crippen molar-refractivity contribution in [2.75, 3.05) is 6.54 Å². The normalized spacial score (nSPS) is 21.8. The molecule has 4 heteroatoms. The van der Waals surface area contributed by atoms with Crippen molar-refractivity contribution in [3.05, 3.63) is 35.9 Å². The molecular weight excluding hydrogens is 168 g/mol. The van der Waals surface area contributed by atoms with E-state index in [-0.39, 0.29) is 6.04 Å². The maximum Gasteiger partial charge on any atom is 0.341 e. The molecule has 68 valence electrons. The maximum atomic E-state index is 10.9. The van der Waals surface area contributed by atoms with Crippen LogP contribution in [-0.4, -0.2) is 22.8 Å². The van der Waals surface area contributed by atoms with Gasteiger partial charge in [0.1, 0.15) is 0 Å². The van der Waals surface area contributed by atoms with E-state index in [0.29, 0.717) is 11.6 Å². The predicted octanol–water partition coefficient (Wildman–Crippen LogP) is 1.14. The molecule has 1 fully saturated rings. The highest BCUT2D eigenvalue weighted by molar-refractivity contribution is 5.75. The number of amides is 2. The van der Waals surface area contributed by atoms with Crippen molar-refractivity contribution in [2.45, 2.75) is 6.04 Å². The van der Waals surface area contributed by atoms with Gasteiger partial charge in [-0.3, -0.25) is 5.21 Å². The van der Waals surface area contributed by atoms with Gasteiger partial charge in [-0.2, -0.15) is 0 Å². The molecule has 1 atom stereocenters. The lowest BCUT2D eigenvalue weighted by atomic mass is 10.1. The Bertz CT molecular complexity index is 313. The highest BCUT2D eigenvalue weighted by Crippen LogP contribution is 2.17. The molecule has 0 radical (unpaired) electrons. The van der Waals surface area contributed by atoms with Crippen LogP contribution in [0.4, 0.5) is 4.79 Å². The highest BCUT2D eigenvalue weighted by atomic mass is 16.5. The lowest BCUT2D eigenvalue weighted by molar-refractivity contribution is -0.0269. The van der Waals surface area contributed by atoms with Crippen LogP contribution in [0.5, 0.6) is 0 Å². The SMILES string of the molecule is O=C1NC(c2ccccc2)CN1O. The molecule has 1 aliphatic heterocycles. The van der Waals surface area contributed by atoms with E-state index < -0.39 is 6.03 Å². The number of hydroxylamine groups is 2. The van der Waals surface area contributed by atoms with Gasteiger partial charge in [-0.15, -0.1) is 0 Å². The fourth-order valence-corrected chi connectivity index (χ4v) is 1.40. The third kappa shape index (κ3) is 1.48. The topological polar surface area (TPSA) is 52.6 Å². The van der Waals surface area contributed by atoms with Gasteiger partial charge in [0, 0.05) is 0 Å². The van der Waals surface area contributed by atoms with E-state index >= 15 is 0 Å². The number of benzene rings is 1. The van der Waals surface area contributed by atoms with Crippen LogP contribution >= 0.6 is 0 Å². The fourth-order valence-electron chi connectivity index (χ4n) is 1.40. The standard InChI is InChI=1S/C9H10N2O2/c12-9-10-8(6-11(9)13)7-4-2-1-3-5-7/h1-5,8,13H,6H2,(H,10,12). The number of urea groups is 1. The van der Waals surface area contributed by atoms with Crippen LogP contribution in [-0.2, 0) is 0 Å². The van der Waals surface area contributed by atoms with Crippen LogP contribution in [0.1, 0.15) is 11.6 Å². The molecule has 2 N–H and O–H groups in total. The van der Waals surface area contributed by atoms with Gasteiger partial charge < -0.3 is 5.32 Å². The zero-order valence-corrected chi connectivity index (χ0v) is 6.97. The van der Waals surface area contributed by atoms with E-state index in [0.717, 1.165) is 5.56 Å². The first kappa shape index (κ1) is 8.07. The van der Waals surface area contributed by atoms with E-state index in [1.165, 1.54) is 0 Å². The molecule has 1 unspecified atom stereocenters. The summed E-state index contributed by atoms with van der Waals surface area (Å²) in [6, 6.07) is 9.03. The van der Waals surface area contributed by atoms with Gasteiger partial charge in [0.2, 0.25) is 0 Å². The Labute approximate surface area is 75.7 Å². The largest absolute Gasteiger partial charge is 0.341 e. The van der Waals surface area contributed by atoms with Crippen molar-refractivity contribution in [2.24, 2.45) is 0 Å².